The summed E-state index contributed by atoms with van der Waals surface area (Å²) in [7, 11) is 0. The Morgan fingerprint density at radius 3 is 2.44 bits per heavy atom. The lowest BCUT2D eigenvalue weighted by Gasteiger charge is -2.12. The zero-order valence-corrected chi connectivity index (χ0v) is 9.81. The first kappa shape index (κ1) is 12.6. The van der Waals surface area contributed by atoms with Gasteiger partial charge in [0.1, 0.15) is 0 Å². The second-order valence-corrected chi connectivity index (χ2v) is 4.52. The summed E-state index contributed by atoms with van der Waals surface area (Å²) in [4.78, 5) is 12.3. The number of anilines is 1. The molecule has 18 heavy (non-hydrogen) atoms. The van der Waals surface area contributed by atoms with Crippen molar-refractivity contribution in [2.24, 2.45) is 0 Å². The molecule has 0 atom stereocenters. The molecule has 0 aliphatic rings. The molecule has 2 nitrogen and oxygen atoms in total. The van der Waals surface area contributed by atoms with Gasteiger partial charge in [-0.05, 0) is 23.6 Å². The predicted molar refractivity (Wildman–Crippen MR) is 63.6 cm³/mol. The van der Waals surface area contributed by atoms with Crippen LogP contribution in [-0.2, 0) is 6.18 Å². The summed E-state index contributed by atoms with van der Waals surface area (Å²) in [5.41, 5.74) is 3.82. The van der Waals surface area contributed by atoms with Gasteiger partial charge in [-0.25, -0.2) is 0 Å². The van der Waals surface area contributed by atoms with Gasteiger partial charge in [0.15, 0.2) is 0 Å². The monoisotopic (exact) mass is 271 g/mol. The van der Waals surface area contributed by atoms with E-state index in [2.05, 4.69) is 0 Å². The van der Waals surface area contributed by atoms with Crippen LogP contribution in [0.2, 0.25) is 0 Å². The third-order valence-corrected chi connectivity index (χ3v) is 3.27. The Bertz CT molecular complexity index is 576. The van der Waals surface area contributed by atoms with Crippen LogP contribution >= 0.6 is 11.3 Å². The van der Waals surface area contributed by atoms with Crippen LogP contribution in [0.5, 0.6) is 0 Å². The molecule has 1 aromatic carbocycles. The minimum absolute atomic E-state index is 0.118. The highest BCUT2D eigenvalue weighted by Crippen LogP contribution is 2.35. The van der Waals surface area contributed by atoms with E-state index in [0.717, 1.165) is 17.4 Å². The number of carbonyl (C=O) groups excluding carboxylic acids is 1. The Labute approximate surface area is 105 Å². The first-order chi connectivity index (χ1) is 8.41. The van der Waals surface area contributed by atoms with Crippen molar-refractivity contribution in [1.82, 2.24) is 0 Å². The van der Waals surface area contributed by atoms with E-state index < -0.39 is 23.2 Å². The Morgan fingerprint density at radius 1 is 1.17 bits per heavy atom. The largest absolute Gasteiger partial charge is 0.418 e. The third kappa shape index (κ3) is 2.24. The molecule has 0 saturated carbocycles. The number of rotatable bonds is 2. The summed E-state index contributed by atoms with van der Waals surface area (Å²) < 4.78 is 37.9. The molecule has 0 amide bonds. The molecule has 0 unspecified atom stereocenters. The average Bonchev–Trinajstić information content (AvgIpc) is 2.80. The first-order valence-electron chi connectivity index (χ1n) is 4.95. The Balaban J connectivity index is 2.50. The summed E-state index contributed by atoms with van der Waals surface area (Å²) in [6.07, 6.45) is -4.56. The SMILES string of the molecule is Nc1c(C(=O)c2cccs2)cccc1C(F)(F)F. The maximum Gasteiger partial charge on any atom is 0.418 e. The molecular formula is C12H8F3NOS. The molecule has 2 rings (SSSR count). The molecular weight excluding hydrogens is 263 g/mol. The number of para-hydroxylation sites is 1. The standard InChI is InChI=1S/C12H8F3NOS/c13-12(14,15)8-4-1-3-7(10(8)16)11(17)9-5-2-6-18-9/h1-6H,16H2. The van der Waals surface area contributed by atoms with E-state index in [4.69, 9.17) is 5.73 Å². The van der Waals surface area contributed by atoms with E-state index in [-0.39, 0.29) is 5.56 Å². The van der Waals surface area contributed by atoms with Gasteiger partial charge in [0.2, 0.25) is 5.78 Å². The number of carbonyl (C=O) groups is 1. The zero-order chi connectivity index (χ0) is 13.3. The number of benzene rings is 1. The fourth-order valence-corrected chi connectivity index (χ4v) is 2.23. The van der Waals surface area contributed by atoms with Crippen LogP contribution in [0.25, 0.3) is 0 Å². The average molecular weight is 271 g/mol. The van der Waals surface area contributed by atoms with Crippen molar-refractivity contribution >= 4 is 22.8 Å². The van der Waals surface area contributed by atoms with Gasteiger partial charge >= 0.3 is 6.18 Å². The minimum Gasteiger partial charge on any atom is -0.398 e. The van der Waals surface area contributed by atoms with Crippen LogP contribution < -0.4 is 5.73 Å². The van der Waals surface area contributed by atoms with Crippen LogP contribution in [0, 0.1) is 0 Å². The van der Waals surface area contributed by atoms with Gasteiger partial charge in [-0.1, -0.05) is 12.1 Å². The van der Waals surface area contributed by atoms with E-state index in [1.54, 1.807) is 17.5 Å². The summed E-state index contributed by atoms with van der Waals surface area (Å²) >= 11 is 1.16. The molecule has 6 heteroatoms. The number of nitrogens with two attached hydrogens (primary N) is 1. The summed E-state index contributed by atoms with van der Waals surface area (Å²) in [6.45, 7) is 0. The Kier molecular flexibility index (Phi) is 3.13. The lowest BCUT2D eigenvalue weighted by Crippen LogP contribution is -2.13. The van der Waals surface area contributed by atoms with E-state index in [9.17, 15) is 18.0 Å². The molecule has 0 saturated heterocycles. The number of halogens is 3. The molecule has 0 spiro atoms. The van der Waals surface area contributed by atoms with Crippen LogP contribution in [0.15, 0.2) is 35.7 Å². The van der Waals surface area contributed by atoms with E-state index in [1.807, 2.05) is 0 Å². The van der Waals surface area contributed by atoms with E-state index in [0.29, 0.717) is 4.88 Å². The van der Waals surface area contributed by atoms with Gasteiger partial charge in [-0.15, -0.1) is 11.3 Å². The topological polar surface area (TPSA) is 43.1 Å². The van der Waals surface area contributed by atoms with Crippen molar-refractivity contribution in [3.63, 3.8) is 0 Å². The van der Waals surface area contributed by atoms with Crippen LogP contribution in [0.1, 0.15) is 20.8 Å². The number of ketones is 1. The fourth-order valence-electron chi connectivity index (χ4n) is 1.55. The number of hydrogen-bond donors (Lipinski definition) is 1. The Morgan fingerprint density at radius 2 is 1.89 bits per heavy atom. The number of thiophene rings is 1. The van der Waals surface area contributed by atoms with Crippen LogP contribution in [0.4, 0.5) is 18.9 Å². The van der Waals surface area contributed by atoms with Crippen LogP contribution in [0.3, 0.4) is 0 Å². The summed E-state index contributed by atoms with van der Waals surface area (Å²) in [5, 5.41) is 1.68. The highest BCUT2D eigenvalue weighted by molar-refractivity contribution is 7.12. The smallest absolute Gasteiger partial charge is 0.398 e. The maximum absolute atomic E-state index is 12.6. The lowest BCUT2D eigenvalue weighted by atomic mass is 10.0. The molecule has 2 aromatic rings. The van der Waals surface area contributed by atoms with Gasteiger partial charge in [0.25, 0.3) is 0 Å². The molecule has 0 fully saturated rings. The number of hydrogen-bond acceptors (Lipinski definition) is 3. The Hall–Kier alpha value is -1.82. The fraction of sp³-hybridized carbons (Fsp3) is 0.0833. The highest BCUT2D eigenvalue weighted by atomic mass is 32.1. The van der Waals surface area contributed by atoms with Crippen molar-refractivity contribution in [2.75, 3.05) is 5.73 Å². The lowest BCUT2D eigenvalue weighted by molar-refractivity contribution is -0.136. The summed E-state index contributed by atoms with van der Waals surface area (Å²) in [5.74, 6) is -0.492. The molecule has 0 bridgehead atoms. The van der Waals surface area contributed by atoms with Crippen molar-refractivity contribution in [3.8, 4) is 0 Å². The molecule has 1 heterocycles. The summed E-state index contributed by atoms with van der Waals surface area (Å²) in [6, 6.07) is 6.54. The molecule has 94 valence electrons. The maximum atomic E-state index is 12.6. The first-order valence-corrected chi connectivity index (χ1v) is 5.83. The van der Waals surface area contributed by atoms with Crippen molar-refractivity contribution in [3.05, 3.63) is 51.7 Å². The molecule has 2 N–H and O–H groups in total. The quantitative estimate of drug-likeness (QED) is 0.670. The normalized spacial score (nSPS) is 11.5. The van der Waals surface area contributed by atoms with Crippen molar-refractivity contribution < 1.29 is 18.0 Å². The highest BCUT2D eigenvalue weighted by Gasteiger charge is 2.34. The minimum atomic E-state index is -4.56. The van der Waals surface area contributed by atoms with Crippen LogP contribution in [-0.4, -0.2) is 5.78 Å². The van der Waals surface area contributed by atoms with Gasteiger partial charge in [0, 0.05) is 5.56 Å². The van der Waals surface area contributed by atoms with Crippen molar-refractivity contribution in [2.45, 2.75) is 6.18 Å². The third-order valence-electron chi connectivity index (χ3n) is 2.40. The van der Waals surface area contributed by atoms with Gasteiger partial charge in [0.05, 0.1) is 16.1 Å². The number of nitrogen functional groups attached to an aromatic ring is 1. The second kappa shape index (κ2) is 4.45. The predicted octanol–water partition coefficient (Wildman–Crippen LogP) is 3.58. The van der Waals surface area contributed by atoms with Gasteiger partial charge < -0.3 is 5.73 Å². The molecule has 1 aromatic heterocycles. The molecule has 0 aliphatic heterocycles. The van der Waals surface area contributed by atoms with E-state index in [1.165, 1.54) is 12.1 Å². The molecule has 0 aliphatic carbocycles. The zero-order valence-electron chi connectivity index (χ0n) is 8.99. The van der Waals surface area contributed by atoms with E-state index >= 15 is 0 Å². The van der Waals surface area contributed by atoms with Gasteiger partial charge in [-0.3, -0.25) is 4.79 Å². The van der Waals surface area contributed by atoms with Gasteiger partial charge in [-0.2, -0.15) is 13.2 Å². The number of alkyl halides is 3. The molecule has 0 radical (unpaired) electrons. The second-order valence-electron chi connectivity index (χ2n) is 3.57. The van der Waals surface area contributed by atoms with Crippen molar-refractivity contribution in [1.29, 1.82) is 0 Å².